The maximum absolute atomic E-state index is 4.03. The molecule has 1 aromatic rings. The molecular formula is C5H9AsN2. The van der Waals surface area contributed by atoms with Crippen LogP contribution >= 0.6 is 0 Å². The van der Waals surface area contributed by atoms with Crippen LogP contribution < -0.4 is 0 Å². The molecule has 0 aliphatic carbocycles. The standard InChI is InChI=1S/C5H9AsN2/c6-2-5-8-4-1-3-7-8/h1,3-4H,2,5-6H2. The number of rotatable bonds is 2. The molecule has 1 heterocycles. The van der Waals surface area contributed by atoms with Gasteiger partial charge in [0, 0.05) is 0 Å². The van der Waals surface area contributed by atoms with Gasteiger partial charge in [0.2, 0.25) is 0 Å². The van der Waals surface area contributed by atoms with E-state index in [2.05, 4.69) is 5.10 Å². The van der Waals surface area contributed by atoms with Crippen LogP contribution in [0.25, 0.3) is 0 Å². The summed E-state index contributed by atoms with van der Waals surface area (Å²) < 4.78 is 1.95. The van der Waals surface area contributed by atoms with Crippen molar-refractivity contribution in [2.75, 3.05) is 0 Å². The molecule has 1 rings (SSSR count). The van der Waals surface area contributed by atoms with Crippen molar-refractivity contribution >= 4 is 16.9 Å². The maximum atomic E-state index is 4.03. The third kappa shape index (κ3) is 1.37. The van der Waals surface area contributed by atoms with Crippen molar-refractivity contribution in [3.05, 3.63) is 18.5 Å². The van der Waals surface area contributed by atoms with Crippen molar-refractivity contribution in [2.24, 2.45) is 0 Å². The Bertz CT molecular complexity index is 136. The molecule has 0 aliphatic heterocycles. The first kappa shape index (κ1) is 5.90. The molecule has 0 bridgehead atoms. The molecule has 1 aromatic heterocycles. The molecule has 0 amide bonds. The van der Waals surface area contributed by atoms with Gasteiger partial charge in [-0.05, 0) is 0 Å². The van der Waals surface area contributed by atoms with Gasteiger partial charge in [-0.15, -0.1) is 0 Å². The Balaban J connectivity index is 2.50. The number of hydrogen-bond donors (Lipinski definition) is 0. The topological polar surface area (TPSA) is 17.8 Å². The van der Waals surface area contributed by atoms with E-state index in [9.17, 15) is 0 Å². The van der Waals surface area contributed by atoms with E-state index >= 15 is 0 Å². The minimum atomic E-state index is 1.06. The summed E-state index contributed by atoms with van der Waals surface area (Å²) in [5, 5.41) is 5.25. The van der Waals surface area contributed by atoms with Crippen molar-refractivity contribution in [3.63, 3.8) is 0 Å². The normalized spacial score (nSPS) is 9.62. The summed E-state index contributed by atoms with van der Waals surface area (Å²) in [6.07, 6.45) is 3.79. The Morgan fingerprint density at radius 2 is 2.50 bits per heavy atom. The van der Waals surface area contributed by atoms with Crippen molar-refractivity contribution in [3.8, 4) is 0 Å². The van der Waals surface area contributed by atoms with Gasteiger partial charge >= 0.3 is 56.8 Å². The first-order chi connectivity index (χ1) is 3.93. The quantitative estimate of drug-likeness (QED) is 0.571. The Hall–Kier alpha value is -0.232. The van der Waals surface area contributed by atoms with Gasteiger partial charge in [0.15, 0.2) is 0 Å². The molecule has 3 heteroatoms. The molecule has 0 radical (unpaired) electrons. The summed E-state index contributed by atoms with van der Waals surface area (Å²) in [5.41, 5.74) is 0. The molecule has 0 spiro atoms. The van der Waals surface area contributed by atoms with Crippen LogP contribution in [0.15, 0.2) is 18.5 Å². The fourth-order valence-corrected chi connectivity index (χ4v) is 1.12. The van der Waals surface area contributed by atoms with E-state index in [1.807, 2.05) is 23.1 Å². The molecule has 44 valence electrons. The molecule has 8 heavy (non-hydrogen) atoms. The summed E-state index contributed by atoms with van der Waals surface area (Å²) in [4.78, 5) is 0. The van der Waals surface area contributed by atoms with E-state index < -0.39 is 0 Å². The predicted molar refractivity (Wildman–Crippen MR) is 35.6 cm³/mol. The SMILES string of the molecule is [AsH2]CCn1cccn1. The molecule has 0 saturated heterocycles. The Morgan fingerprint density at radius 3 is 3.00 bits per heavy atom. The molecule has 1 atom stereocenters. The second-order valence-corrected chi connectivity index (χ2v) is 2.77. The Kier molecular flexibility index (Phi) is 2.16. The van der Waals surface area contributed by atoms with Crippen LogP contribution in [0, 0.1) is 0 Å². The molecule has 0 fully saturated rings. The minimum absolute atomic E-state index is 1.06. The van der Waals surface area contributed by atoms with Crippen LogP contribution in [0.5, 0.6) is 0 Å². The second kappa shape index (κ2) is 2.93. The third-order valence-electron chi connectivity index (χ3n) is 0.917. The van der Waals surface area contributed by atoms with Crippen LogP contribution in [-0.2, 0) is 6.54 Å². The van der Waals surface area contributed by atoms with E-state index in [0.717, 1.165) is 6.54 Å². The van der Waals surface area contributed by atoms with E-state index in [0.29, 0.717) is 0 Å². The van der Waals surface area contributed by atoms with Crippen molar-refractivity contribution in [1.29, 1.82) is 0 Å². The van der Waals surface area contributed by atoms with Gasteiger partial charge in [-0.3, -0.25) is 0 Å². The van der Waals surface area contributed by atoms with Gasteiger partial charge in [0.1, 0.15) is 0 Å². The number of hydrogen-bond acceptors (Lipinski definition) is 1. The van der Waals surface area contributed by atoms with Crippen LogP contribution in [-0.4, -0.2) is 26.6 Å². The van der Waals surface area contributed by atoms with Gasteiger partial charge in [-0.1, -0.05) is 0 Å². The fourth-order valence-electron chi connectivity index (χ4n) is 0.565. The molecule has 0 aromatic carbocycles. The Morgan fingerprint density at radius 1 is 1.62 bits per heavy atom. The van der Waals surface area contributed by atoms with E-state index in [1.54, 1.807) is 16.9 Å². The van der Waals surface area contributed by atoms with E-state index in [4.69, 9.17) is 0 Å². The van der Waals surface area contributed by atoms with Gasteiger partial charge in [0.05, 0.1) is 0 Å². The average molecular weight is 172 g/mol. The zero-order valence-electron chi connectivity index (χ0n) is 4.62. The molecule has 0 aliphatic rings. The van der Waals surface area contributed by atoms with E-state index in [-0.39, 0.29) is 0 Å². The molecule has 1 unspecified atom stereocenters. The van der Waals surface area contributed by atoms with Crippen molar-refractivity contribution < 1.29 is 0 Å². The number of aryl methyl sites for hydroxylation is 1. The summed E-state index contributed by atoms with van der Waals surface area (Å²) in [6.45, 7) is 1.06. The van der Waals surface area contributed by atoms with Gasteiger partial charge in [0.25, 0.3) is 0 Å². The Labute approximate surface area is 57.4 Å². The van der Waals surface area contributed by atoms with Gasteiger partial charge < -0.3 is 0 Å². The third-order valence-corrected chi connectivity index (χ3v) is 1.46. The van der Waals surface area contributed by atoms with Crippen LogP contribution in [0.4, 0.5) is 0 Å². The number of nitrogens with zero attached hydrogens (tertiary/aromatic N) is 2. The zero-order valence-corrected chi connectivity index (χ0v) is 7.04. The molecule has 0 saturated carbocycles. The summed E-state index contributed by atoms with van der Waals surface area (Å²) in [7, 11) is 0. The van der Waals surface area contributed by atoms with Crippen LogP contribution in [0.2, 0.25) is 5.21 Å². The summed E-state index contributed by atoms with van der Waals surface area (Å²) in [6, 6.07) is 1.95. The average Bonchev–Trinajstić information content (AvgIpc) is 2.19. The molecule has 0 N–H and O–H groups in total. The first-order valence-electron chi connectivity index (χ1n) is 2.61. The van der Waals surface area contributed by atoms with Crippen molar-refractivity contribution in [1.82, 2.24) is 9.78 Å². The van der Waals surface area contributed by atoms with Crippen LogP contribution in [0.1, 0.15) is 0 Å². The van der Waals surface area contributed by atoms with Crippen molar-refractivity contribution in [2.45, 2.75) is 11.8 Å². The van der Waals surface area contributed by atoms with Gasteiger partial charge in [-0.25, -0.2) is 0 Å². The number of aromatic nitrogens is 2. The van der Waals surface area contributed by atoms with Gasteiger partial charge in [-0.2, -0.15) is 0 Å². The summed E-state index contributed by atoms with van der Waals surface area (Å²) in [5.74, 6) is 0. The molecular weight excluding hydrogens is 163 g/mol. The van der Waals surface area contributed by atoms with Crippen LogP contribution in [0.3, 0.4) is 0 Å². The monoisotopic (exact) mass is 172 g/mol. The zero-order chi connectivity index (χ0) is 5.82. The van der Waals surface area contributed by atoms with E-state index in [1.165, 1.54) is 5.21 Å². The summed E-state index contributed by atoms with van der Waals surface area (Å²) >= 11 is 1.75. The fraction of sp³-hybridized carbons (Fsp3) is 0.400. The molecule has 2 nitrogen and oxygen atoms in total. The first-order valence-corrected chi connectivity index (χ1v) is 4.32. The second-order valence-electron chi connectivity index (χ2n) is 1.56. The predicted octanol–water partition coefficient (Wildman–Crippen LogP) is -0.0655.